The molecule has 1 aliphatic heterocycles. The van der Waals surface area contributed by atoms with Gasteiger partial charge < -0.3 is 25.0 Å². The molecule has 0 unspecified atom stereocenters. The van der Waals surface area contributed by atoms with Crippen molar-refractivity contribution in [2.45, 2.75) is 19.4 Å². The summed E-state index contributed by atoms with van der Waals surface area (Å²) >= 11 is 5.53. The van der Waals surface area contributed by atoms with Crippen LogP contribution in [0.5, 0.6) is 11.5 Å². The Kier molecular flexibility index (Phi) is 6.64. The number of benzene rings is 1. The number of methoxy groups -OCH3 is 2. The van der Waals surface area contributed by atoms with Crippen molar-refractivity contribution in [3.05, 3.63) is 35.9 Å². The molecule has 2 N–H and O–H groups in total. The molecule has 0 aliphatic carbocycles. The highest BCUT2D eigenvalue weighted by Gasteiger charge is 2.30. The van der Waals surface area contributed by atoms with Gasteiger partial charge in [0.1, 0.15) is 0 Å². The van der Waals surface area contributed by atoms with Crippen LogP contribution in [0.3, 0.4) is 0 Å². The topological polar surface area (TPSA) is 62.8 Å². The Morgan fingerprint density at radius 1 is 1.36 bits per heavy atom. The number of carbonyl (C=O) groups is 1. The zero-order valence-electron chi connectivity index (χ0n) is 14.9. The first-order valence-corrected chi connectivity index (χ1v) is 8.57. The van der Waals surface area contributed by atoms with E-state index in [1.54, 1.807) is 20.3 Å². The highest BCUT2D eigenvalue weighted by atomic mass is 32.1. The Labute approximate surface area is 154 Å². The van der Waals surface area contributed by atoms with Crippen LogP contribution in [0.4, 0.5) is 0 Å². The van der Waals surface area contributed by atoms with E-state index in [1.165, 1.54) is 12.5 Å². The molecule has 0 fully saturated rings. The summed E-state index contributed by atoms with van der Waals surface area (Å²) in [6.07, 6.45) is 2.60. The lowest BCUT2D eigenvalue weighted by Gasteiger charge is -2.39. The number of amides is 1. The molecule has 7 heteroatoms. The molecule has 6 nitrogen and oxygen atoms in total. The lowest BCUT2D eigenvalue weighted by Crippen LogP contribution is -2.48. The van der Waals surface area contributed by atoms with Gasteiger partial charge in [0.15, 0.2) is 16.6 Å². The number of thiocarbonyl (C=S) groups is 1. The van der Waals surface area contributed by atoms with Crippen molar-refractivity contribution >= 4 is 23.2 Å². The van der Waals surface area contributed by atoms with Crippen molar-refractivity contribution in [3.8, 4) is 11.5 Å². The lowest BCUT2D eigenvalue weighted by atomic mass is 9.92. The van der Waals surface area contributed by atoms with Gasteiger partial charge in [-0.15, -0.1) is 6.58 Å². The molecular formula is C18H25N3O3S. The molecular weight excluding hydrogens is 338 g/mol. The quantitative estimate of drug-likeness (QED) is 0.594. The van der Waals surface area contributed by atoms with Gasteiger partial charge in [-0.3, -0.25) is 4.79 Å². The van der Waals surface area contributed by atoms with E-state index in [4.69, 9.17) is 21.7 Å². The third kappa shape index (κ3) is 4.42. The first-order valence-electron chi connectivity index (χ1n) is 8.16. The third-order valence-electron chi connectivity index (χ3n) is 4.21. The number of fused-ring (bicyclic) bond motifs is 1. The van der Waals surface area contributed by atoms with Gasteiger partial charge in [0.25, 0.3) is 0 Å². The Balaban J connectivity index is 2.38. The van der Waals surface area contributed by atoms with Crippen molar-refractivity contribution < 1.29 is 14.3 Å². The number of nitrogens with zero attached hydrogens (tertiary/aromatic N) is 1. The summed E-state index contributed by atoms with van der Waals surface area (Å²) in [5.74, 6) is 1.30. The summed E-state index contributed by atoms with van der Waals surface area (Å²) < 4.78 is 10.8. The zero-order valence-corrected chi connectivity index (χ0v) is 15.7. The largest absolute Gasteiger partial charge is 0.493 e. The van der Waals surface area contributed by atoms with Gasteiger partial charge in [-0.05, 0) is 41.9 Å². The van der Waals surface area contributed by atoms with Crippen LogP contribution in [0.1, 0.15) is 24.1 Å². The predicted molar refractivity (Wildman–Crippen MR) is 102 cm³/mol. The van der Waals surface area contributed by atoms with Crippen molar-refractivity contribution in [1.82, 2.24) is 15.5 Å². The molecule has 1 atom stereocenters. The molecule has 0 saturated carbocycles. The van der Waals surface area contributed by atoms with E-state index in [1.807, 2.05) is 12.1 Å². The molecule has 0 radical (unpaired) electrons. The van der Waals surface area contributed by atoms with Crippen LogP contribution in [0, 0.1) is 0 Å². The zero-order chi connectivity index (χ0) is 18.4. The van der Waals surface area contributed by atoms with Crippen molar-refractivity contribution in [2.24, 2.45) is 0 Å². The highest BCUT2D eigenvalue weighted by molar-refractivity contribution is 7.80. The van der Waals surface area contributed by atoms with Crippen molar-refractivity contribution in [1.29, 1.82) is 0 Å². The van der Waals surface area contributed by atoms with Crippen LogP contribution in [-0.4, -0.2) is 49.8 Å². The summed E-state index contributed by atoms with van der Waals surface area (Å²) in [4.78, 5) is 13.5. The Bertz CT molecular complexity index is 663. The number of carbonyl (C=O) groups excluding carboxylic acids is 1. The summed E-state index contributed by atoms with van der Waals surface area (Å²) in [6, 6.07) is 3.91. The highest BCUT2D eigenvalue weighted by Crippen LogP contribution is 2.37. The Morgan fingerprint density at radius 3 is 2.64 bits per heavy atom. The second-order valence-corrected chi connectivity index (χ2v) is 6.16. The van der Waals surface area contributed by atoms with E-state index in [0.717, 1.165) is 18.5 Å². The van der Waals surface area contributed by atoms with Crippen LogP contribution >= 0.6 is 12.2 Å². The van der Waals surface area contributed by atoms with E-state index in [2.05, 4.69) is 22.1 Å². The molecule has 25 heavy (non-hydrogen) atoms. The second-order valence-electron chi connectivity index (χ2n) is 5.78. The van der Waals surface area contributed by atoms with E-state index in [9.17, 15) is 4.79 Å². The summed E-state index contributed by atoms with van der Waals surface area (Å²) in [6.45, 7) is 7.04. The van der Waals surface area contributed by atoms with Crippen LogP contribution < -0.4 is 20.1 Å². The molecule has 0 saturated heterocycles. The minimum Gasteiger partial charge on any atom is -0.493 e. The summed E-state index contributed by atoms with van der Waals surface area (Å²) in [7, 11) is 3.24. The van der Waals surface area contributed by atoms with Crippen LogP contribution in [-0.2, 0) is 11.2 Å². The molecule has 1 aromatic carbocycles. The first kappa shape index (κ1) is 19.1. The van der Waals surface area contributed by atoms with E-state index < -0.39 is 0 Å². The van der Waals surface area contributed by atoms with E-state index in [0.29, 0.717) is 29.7 Å². The average molecular weight is 363 g/mol. The maximum Gasteiger partial charge on any atom is 0.216 e. The van der Waals surface area contributed by atoms with Gasteiger partial charge in [-0.25, -0.2) is 0 Å². The monoisotopic (exact) mass is 363 g/mol. The number of hydrogen-bond acceptors (Lipinski definition) is 4. The van der Waals surface area contributed by atoms with Gasteiger partial charge >= 0.3 is 0 Å². The number of nitrogens with one attached hydrogen (secondary N) is 2. The first-order chi connectivity index (χ1) is 12.0. The molecule has 1 heterocycles. The van der Waals surface area contributed by atoms with E-state index >= 15 is 0 Å². The minimum atomic E-state index is -0.0720. The molecule has 0 spiro atoms. The maximum absolute atomic E-state index is 11.4. The fourth-order valence-corrected chi connectivity index (χ4v) is 3.29. The smallest absolute Gasteiger partial charge is 0.216 e. The molecule has 0 aromatic heterocycles. The van der Waals surface area contributed by atoms with Crippen LogP contribution in [0.2, 0.25) is 0 Å². The number of ether oxygens (including phenoxy) is 2. The van der Waals surface area contributed by atoms with E-state index in [-0.39, 0.29) is 11.9 Å². The predicted octanol–water partition coefficient (Wildman–Crippen LogP) is 1.80. The molecule has 136 valence electrons. The van der Waals surface area contributed by atoms with Crippen molar-refractivity contribution in [2.75, 3.05) is 33.9 Å². The Morgan fingerprint density at radius 2 is 2.04 bits per heavy atom. The summed E-state index contributed by atoms with van der Waals surface area (Å²) in [5, 5.41) is 6.72. The summed E-state index contributed by atoms with van der Waals surface area (Å²) in [5.41, 5.74) is 2.26. The van der Waals surface area contributed by atoms with Gasteiger partial charge in [0, 0.05) is 26.6 Å². The molecule has 1 amide bonds. The molecule has 1 aliphatic rings. The minimum absolute atomic E-state index is 0.0717. The lowest BCUT2D eigenvalue weighted by molar-refractivity contribution is -0.119. The fraction of sp³-hybridized carbons (Fsp3) is 0.444. The van der Waals surface area contributed by atoms with Crippen LogP contribution in [0.25, 0.3) is 0 Å². The number of hydrogen-bond donors (Lipinski definition) is 2. The number of rotatable bonds is 6. The molecule has 1 aromatic rings. The van der Waals surface area contributed by atoms with Gasteiger partial charge in [0.2, 0.25) is 5.91 Å². The third-order valence-corrected chi connectivity index (χ3v) is 4.58. The standard InChI is InChI=1S/C18H25N3O3S/c1-5-7-19-18(25)21-8-6-13-9-16(23-3)17(24-4)10-14(13)15(21)11-20-12(2)22/h5,9-10,15H,1,6-8,11H2,2-4H3,(H,19,25)(H,20,22)/t15-/m0/s1. The SMILES string of the molecule is C=CCNC(=S)N1CCc2cc(OC)c(OC)cc2[C@@H]1CNC(C)=O. The van der Waals surface area contributed by atoms with Gasteiger partial charge in [-0.2, -0.15) is 0 Å². The Hall–Kier alpha value is -2.28. The average Bonchev–Trinajstić information content (AvgIpc) is 2.62. The molecule has 2 rings (SSSR count). The van der Waals surface area contributed by atoms with Crippen LogP contribution in [0.15, 0.2) is 24.8 Å². The van der Waals surface area contributed by atoms with Gasteiger partial charge in [-0.1, -0.05) is 6.08 Å². The maximum atomic E-state index is 11.4. The van der Waals surface area contributed by atoms with Crippen molar-refractivity contribution in [3.63, 3.8) is 0 Å². The second kappa shape index (κ2) is 8.71. The van der Waals surface area contributed by atoms with Gasteiger partial charge in [0.05, 0.1) is 20.3 Å². The fourth-order valence-electron chi connectivity index (χ4n) is 2.99. The molecule has 0 bridgehead atoms. The normalized spacial score (nSPS) is 15.8.